The van der Waals surface area contributed by atoms with Gasteiger partial charge in [-0.3, -0.25) is 19.3 Å². The van der Waals surface area contributed by atoms with Gasteiger partial charge in [-0.25, -0.2) is 9.18 Å². The summed E-state index contributed by atoms with van der Waals surface area (Å²) in [6.45, 7) is 0.684. The number of halogens is 2. The topological polar surface area (TPSA) is 92.8 Å². The SMILES string of the molecule is CC(C(=O)OCC(=O)Nc1ccc(F)c(Cl)c1)N1C(=O)c2ccccc2C1=O. The zero-order valence-corrected chi connectivity index (χ0v) is 15.3. The Hall–Kier alpha value is -3.26. The molecule has 0 aliphatic carbocycles. The molecule has 9 heteroatoms. The zero-order valence-electron chi connectivity index (χ0n) is 14.6. The van der Waals surface area contributed by atoms with E-state index in [1.165, 1.54) is 31.2 Å². The Balaban J connectivity index is 1.59. The average molecular weight is 405 g/mol. The summed E-state index contributed by atoms with van der Waals surface area (Å²) in [7, 11) is 0. The predicted molar refractivity (Wildman–Crippen MR) is 97.4 cm³/mol. The number of benzene rings is 2. The van der Waals surface area contributed by atoms with Crippen molar-refractivity contribution in [3.05, 3.63) is 64.4 Å². The van der Waals surface area contributed by atoms with Gasteiger partial charge in [0.25, 0.3) is 17.7 Å². The molecule has 2 aromatic rings. The summed E-state index contributed by atoms with van der Waals surface area (Å²) in [5.41, 5.74) is 0.636. The highest BCUT2D eigenvalue weighted by atomic mass is 35.5. The van der Waals surface area contributed by atoms with Crippen LogP contribution in [0.25, 0.3) is 0 Å². The van der Waals surface area contributed by atoms with Gasteiger partial charge in [-0.1, -0.05) is 23.7 Å². The van der Waals surface area contributed by atoms with Crippen LogP contribution in [0.15, 0.2) is 42.5 Å². The average Bonchev–Trinajstić information content (AvgIpc) is 2.93. The van der Waals surface area contributed by atoms with Gasteiger partial charge in [0.15, 0.2) is 6.61 Å². The van der Waals surface area contributed by atoms with Crippen LogP contribution in [0, 0.1) is 5.82 Å². The lowest BCUT2D eigenvalue weighted by Crippen LogP contribution is -2.44. The minimum absolute atomic E-state index is 0.172. The Morgan fingerprint density at radius 3 is 2.32 bits per heavy atom. The molecule has 28 heavy (non-hydrogen) atoms. The van der Waals surface area contributed by atoms with E-state index in [-0.39, 0.29) is 21.8 Å². The second-order valence-corrected chi connectivity index (χ2v) is 6.39. The van der Waals surface area contributed by atoms with Gasteiger partial charge in [-0.2, -0.15) is 0 Å². The van der Waals surface area contributed by atoms with Crippen molar-refractivity contribution in [3.63, 3.8) is 0 Å². The molecule has 1 aliphatic rings. The maximum absolute atomic E-state index is 13.1. The summed E-state index contributed by atoms with van der Waals surface area (Å²) in [5, 5.41) is 2.22. The molecule has 1 N–H and O–H groups in total. The minimum Gasteiger partial charge on any atom is -0.454 e. The summed E-state index contributed by atoms with van der Waals surface area (Å²) in [6.07, 6.45) is 0. The second kappa shape index (κ2) is 7.77. The largest absolute Gasteiger partial charge is 0.454 e. The van der Waals surface area contributed by atoms with Crippen molar-refractivity contribution >= 4 is 41.0 Å². The lowest BCUT2D eigenvalue weighted by Gasteiger charge is -2.20. The van der Waals surface area contributed by atoms with Crippen molar-refractivity contribution in [1.29, 1.82) is 0 Å². The number of nitrogens with one attached hydrogen (secondary N) is 1. The first-order valence-electron chi connectivity index (χ1n) is 8.18. The molecule has 0 spiro atoms. The van der Waals surface area contributed by atoms with Gasteiger partial charge >= 0.3 is 5.97 Å². The molecular weight excluding hydrogens is 391 g/mol. The lowest BCUT2D eigenvalue weighted by atomic mass is 10.1. The van der Waals surface area contributed by atoms with Crippen molar-refractivity contribution in [2.24, 2.45) is 0 Å². The molecular formula is C19H14ClFN2O5. The third kappa shape index (κ3) is 3.72. The molecule has 2 aromatic carbocycles. The zero-order chi connectivity index (χ0) is 20.4. The third-order valence-corrected chi connectivity index (χ3v) is 4.39. The number of hydrogen-bond acceptors (Lipinski definition) is 5. The fourth-order valence-corrected chi connectivity index (χ4v) is 2.87. The van der Waals surface area contributed by atoms with Gasteiger partial charge in [0, 0.05) is 5.69 Å². The van der Waals surface area contributed by atoms with E-state index in [1.807, 2.05) is 0 Å². The number of nitrogens with zero attached hydrogens (tertiary/aromatic N) is 1. The van der Waals surface area contributed by atoms with E-state index in [2.05, 4.69) is 5.32 Å². The second-order valence-electron chi connectivity index (χ2n) is 5.99. The number of carbonyl (C=O) groups is 4. The van der Waals surface area contributed by atoms with Crippen molar-refractivity contribution in [2.45, 2.75) is 13.0 Å². The number of amides is 3. The van der Waals surface area contributed by atoms with Gasteiger partial charge in [0.1, 0.15) is 11.9 Å². The molecule has 7 nitrogen and oxygen atoms in total. The molecule has 1 aliphatic heterocycles. The monoisotopic (exact) mass is 404 g/mol. The number of carbonyl (C=O) groups excluding carboxylic acids is 4. The highest BCUT2D eigenvalue weighted by Crippen LogP contribution is 2.25. The number of fused-ring (bicyclic) bond motifs is 1. The van der Waals surface area contributed by atoms with Crippen molar-refractivity contribution in [2.75, 3.05) is 11.9 Å². The number of imide groups is 1. The van der Waals surface area contributed by atoms with Crippen LogP contribution in [0.2, 0.25) is 5.02 Å². The Morgan fingerprint density at radius 2 is 1.75 bits per heavy atom. The molecule has 3 amide bonds. The predicted octanol–water partition coefficient (Wildman–Crippen LogP) is 2.65. The summed E-state index contributed by atoms with van der Waals surface area (Å²) in [6, 6.07) is 8.59. The van der Waals surface area contributed by atoms with Crippen LogP contribution >= 0.6 is 11.6 Å². The third-order valence-electron chi connectivity index (χ3n) is 4.10. The first-order valence-corrected chi connectivity index (χ1v) is 8.56. The number of rotatable bonds is 5. The van der Waals surface area contributed by atoms with Crippen LogP contribution in [0.5, 0.6) is 0 Å². The van der Waals surface area contributed by atoms with Crippen molar-refractivity contribution in [3.8, 4) is 0 Å². The van der Waals surface area contributed by atoms with Crippen LogP contribution in [-0.2, 0) is 14.3 Å². The van der Waals surface area contributed by atoms with Gasteiger partial charge in [-0.05, 0) is 37.3 Å². The van der Waals surface area contributed by atoms with E-state index in [9.17, 15) is 23.6 Å². The Labute approximate surface area is 164 Å². The standard InChI is InChI=1S/C19H14ClFN2O5/c1-10(23-17(25)12-4-2-3-5-13(12)18(23)26)19(27)28-9-16(24)22-11-6-7-15(21)14(20)8-11/h2-8,10H,9H2,1H3,(H,22,24). The summed E-state index contributed by atoms with van der Waals surface area (Å²) in [5.74, 6) is -3.45. The molecule has 0 fully saturated rings. The van der Waals surface area contributed by atoms with Crippen LogP contribution in [0.1, 0.15) is 27.6 Å². The van der Waals surface area contributed by atoms with E-state index in [1.54, 1.807) is 12.1 Å². The van der Waals surface area contributed by atoms with E-state index >= 15 is 0 Å². The van der Waals surface area contributed by atoms with E-state index in [4.69, 9.17) is 16.3 Å². The smallest absolute Gasteiger partial charge is 0.329 e. The summed E-state index contributed by atoms with van der Waals surface area (Å²) in [4.78, 5) is 49.6. The molecule has 1 atom stereocenters. The molecule has 0 saturated carbocycles. The van der Waals surface area contributed by atoms with Crippen LogP contribution in [0.3, 0.4) is 0 Å². The van der Waals surface area contributed by atoms with Crippen LogP contribution in [0.4, 0.5) is 10.1 Å². The summed E-state index contributed by atoms with van der Waals surface area (Å²) < 4.78 is 18.0. The highest BCUT2D eigenvalue weighted by molar-refractivity contribution is 6.31. The first-order chi connectivity index (χ1) is 13.3. The fraction of sp³-hybridized carbons (Fsp3) is 0.158. The summed E-state index contributed by atoms with van der Waals surface area (Å²) >= 11 is 5.62. The van der Waals surface area contributed by atoms with E-state index in [0.717, 1.165) is 11.0 Å². The molecule has 1 heterocycles. The molecule has 0 saturated heterocycles. The molecule has 0 bridgehead atoms. The minimum atomic E-state index is -1.21. The number of ether oxygens (including phenoxy) is 1. The maximum atomic E-state index is 13.1. The highest BCUT2D eigenvalue weighted by Gasteiger charge is 2.41. The molecule has 0 radical (unpaired) electrons. The quantitative estimate of drug-likeness (QED) is 0.611. The Kier molecular flexibility index (Phi) is 5.41. The van der Waals surface area contributed by atoms with E-state index < -0.39 is 42.2 Å². The number of esters is 1. The van der Waals surface area contributed by atoms with Gasteiger partial charge in [0.2, 0.25) is 0 Å². The van der Waals surface area contributed by atoms with E-state index in [0.29, 0.717) is 0 Å². The molecule has 144 valence electrons. The van der Waals surface area contributed by atoms with Crippen molar-refractivity contribution < 1.29 is 28.3 Å². The Bertz CT molecular complexity index is 959. The van der Waals surface area contributed by atoms with Gasteiger partial charge in [0.05, 0.1) is 16.1 Å². The van der Waals surface area contributed by atoms with Crippen LogP contribution in [-0.4, -0.2) is 41.2 Å². The normalized spacial score (nSPS) is 13.9. The van der Waals surface area contributed by atoms with Crippen molar-refractivity contribution in [1.82, 2.24) is 4.90 Å². The molecule has 0 aromatic heterocycles. The first kappa shape index (κ1) is 19.5. The maximum Gasteiger partial charge on any atom is 0.329 e. The fourth-order valence-electron chi connectivity index (χ4n) is 2.69. The van der Waals surface area contributed by atoms with Gasteiger partial charge < -0.3 is 10.1 Å². The number of anilines is 1. The Morgan fingerprint density at radius 1 is 1.14 bits per heavy atom. The van der Waals surface area contributed by atoms with Crippen LogP contribution < -0.4 is 5.32 Å². The molecule has 1 unspecified atom stereocenters. The number of hydrogen-bond donors (Lipinski definition) is 1. The van der Waals surface area contributed by atoms with Gasteiger partial charge in [-0.15, -0.1) is 0 Å². The molecule has 3 rings (SSSR count). The lowest BCUT2D eigenvalue weighted by molar-refractivity contribution is -0.150.